The van der Waals surface area contributed by atoms with Crippen molar-refractivity contribution in [1.29, 1.82) is 0 Å². The number of hydrogen-bond acceptors (Lipinski definition) is 2. The van der Waals surface area contributed by atoms with Crippen molar-refractivity contribution in [2.24, 2.45) is 0 Å². The van der Waals surface area contributed by atoms with Crippen molar-refractivity contribution in [1.82, 2.24) is 10.3 Å². The average Bonchev–Trinajstić information content (AvgIpc) is 2.48. The molecular weight excluding hydrogens is 248 g/mol. The summed E-state index contributed by atoms with van der Waals surface area (Å²) in [4.78, 5) is 14.5. The van der Waals surface area contributed by atoms with Crippen LogP contribution in [-0.4, -0.2) is 4.98 Å². The van der Waals surface area contributed by atoms with E-state index < -0.39 is 0 Å². The SMILES string of the molecule is O=c1cc(CNCc2ccccc2)c2ccccc2[nH]1. The van der Waals surface area contributed by atoms with E-state index in [0.717, 1.165) is 23.0 Å². The highest BCUT2D eigenvalue weighted by atomic mass is 16.1. The van der Waals surface area contributed by atoms with E-state index in [0.29, 0.717) is 6.54 Å². The molecule has 0 saturated heterocycles. The van der Waals surface area contributed by atoms with Crippen LogP contribution in [0.15, 0.2) is 65.5 Å². The van der Waals surface area contributed by atoms with Crippen molar-refractivity contribution in [3.8, 4) is 0 Å². The van der Waals surface area contributed by atoms with Crippen molar-refractivity contribution in [3.05, 3.63) is 82.1 Å². The monoisotopic (exact) mass is 264 g/mol. The maximum absolute atomic E-state index is 11.7. The van der Waals surface area contributed by atoms with Crippen LogP contribution in [0, 0.1) is 0 Å². The second-order valence-corrected chi connectivity index (χ2v) is 4.79. The zero-order valence-corrected chi connectivity index (χ0v) is 11.1. The number of H-pyrrole nitrogens is 1. The first kappa shape index (κ1) is 12.6. The van der Waals surface area contributed by atoms with Crippen LogP contribution in [0.1, 0.15) is 11.1 Å². The highest BCUT2D eigenvalue weighted by Crippen LogP contribution is 2.14. The lowest BCUT2D eigenvalue weighted by atomic mass is 10.1. The Hall–Kier alpha value is -2.39. The predicted molar refractivity (Wildman–Crippen MR) is 81.6 cm³/mol. The van der Waals surface area contributed by atoms with E-state index in [1.54, 1.807) is 6.07 Å². The van der Waals surface area contributed by atoms with Gasteiger partial charge >= 0.3 is 0 Å². The Labute approximate surface area is 117 Å². The first-order valence-electron chi connectivity index (χ1n) is 6.68. The number of rotatable bonds is 4. The molecule has 0 bridgehead atoms. The molecule has 100 valence electrons. The molecular formula is C17H16N2O. The van der Waals surface area contributed by atoms with Gasteiger partial charge in [-0.05, 0) is 17.2 Å². The Balaban J connectivity index is 1.79. The molecule has 2 N–H and O–H groups in total. The third-order valence-electron chi connectivity index (χ3n) is 3.32. The Bertz CT molecular complexity index is 763. The second kappa shape index (κ2) is 5.72. The molecule has 0 spiro atoms. The summed E-state index contributed by atoms with van der Waals surface area (Å²) in [6.07, 6.45) is 0. The minimum atomic E-state index is -0.0554. The number of aromatic amines is 1. The van der Waals surface area contributed by atoms with Crippen LogP contribution in [0.4, 0.5) is 0 Å². The minimum Gasteiger partial charge on any atom is -0.322 e. The number of para-hydroxylation sites is 1. The Morgan fingerprint density at radius 2 is 1.65 bits per heavy atom. The lowest BCUT2D eigenvalue weighted by Gasteiger charge is -2.08. The van der Waals surface area contributed by atoms with Crippen LogP contribution in [-0.2, 0) is 13.1 Å². The molecule has 0 amide bonds. The van der Waals surface area contributed by atoms with Gasteiger partial charge in [-0.1, -0.05) is 48.5 Å². The van der Waals surface area contributed by atoms with E-state index in [2.05, 4.69) is 22.4 Å². The van der Waals surface area contributed by atoms with Gasteiger partial charge < -0.3 is 10.3 Å². The van der Waals surface area contributed by atoms with Crippen LogP contribution in [0.3, 0.4) is 0 Å². The van der Waals surface area contributed by atoms with Gasteiger partial charge in [0.2, 0.25) is 5.56 Å². The summed E-state index contributed by atoms with van der Waals surface area (Å²) in [5.41, 5.74) is 3.10. The normalized spacial score (nSPS) is 10.8. The minimum absolute atomic E-state index is 0.0554. The van der Waals surface area contributed by atoms with Crippen molar-refractivity contribution in [3.63, 3.8) is 0 Å². The molecule has 0 fully saturated rings. The molecule has 0 aliphatic rings. The van der Waals surface area contributed by atoms with Gasteiger partial charge in [0.25, 0.3) is 0 Å². The summed E-state index contributed by atoms with van der Waals surface area (Å²) >= 11 is 0. The molecule has 3 aromatic rings. The molecule has 0 aliphatic heterocycles. The van der Waals surface area contributed by atoms with Crippen LogP contribution < -0.4 is 10.9 Å². The molecule has 1 heterocycles. The fraction of sp³-hybridized carbons (Fsp3) is 0.118. The third kappa shape index (κ3) is 2.78. The van der Waals surface area contributed by atoms with Crippen molar-refractivity contribution >= 4 is 10.9 Å². The summed E-state index contributed by atoms with van der Waals surface area (Å²) in [6.45, 7) is 1.47. The first-order chi connectivity index (χ1) is 9.83. The van der Waals surface area contributed by atoms with E-state index in [4.69, 9.17) is 0 Å². The number of pyridine rings is 1. The number of hydrogen-bond donors (Lipinski definition) is 2. The third-order valence-corrected chi connectivity index (χ3v) is 3.32. The van der Waals surface area contributed by atoms with Crippen LogP contribution in [0.5, 0.6) is 0 Å². The predicted octanol–water partition coefficient (Wildman–Crippen LogP) is 2.82. The number of fused-ring (bicyclic) bond motifs is 1. The second-order valence-electron chi connectivity index (χ2n) is 4.79. The zero-order chi connectivity index (χ0) is 13.8. The van der Waals surface area contributed by atoms with Gasteiger partial charge in [0.15, 0.2) is 0 Å². The van der Waals surface area contributed by atoms with Gasteiger partial charge in [0.1, 0.15) is 0 Å². The van der Waals surface area contributed by atoms with Crippen LogP contribution in [0.25, 0.3) is 10.9 Å². The smallest absolute Gasteiger partial charge is 0.248 e. The Morgan fingerprint density at radius 1 is 0.900 bits per heavy atom. The van der Waals surface area contributed by atoms with Gasteiger partial charge in [-0.15, -0.1) is 0 Å². The number of aromatic nitrogens is 1. The van der Waals surface area contributed by atoms with Gasteiger partial charge in [-0.2, -0.15) is 0 Å². The summed E-state index contributed by atoms with van der Waals surface area (Å²) in [6, 6.07) is 19.8. The fourth-order valence-corrected chi connectivity index (χ4v) is 2.36. The van der Waals surface area contributed by atoms with Crippen LogP contribution >= 0.6 is 0 Å². The van der Waals surface area contributed by atoms with E-state index >= 15 is 0 Å². The summed E-state index contributed by atoms with van der Waals surface area (Å²) in [5, 5.41) is 4.47. The Morgan fingerprint density at radius 3 is 2.50 bits per heavy atom. The first-order valence-corrected chi connectivity index (χ1v) is 6.68. The topological polar surface area (TPSA) is 44.9 Å². The maximum Gasteiger partial charge on any atom is 0.248 e. The largest absolute Gasteiger partial charge is 0.322 e. The molecule has 3 nitrogen and oxygen atoms in total. The molecule has 0 unspecified atom stereocenters. The molecule has 3 heteroatoms. The highest BCUT2D eigenvalue weighted by molar-refractivity contribution is 5.81. The van der Waals surface area contributed by atoms with Gasteiger partial charge in [0, 0.05) is 30.1 Å². The van der Waals surface area contributed by atoms with Crippen molar-refractivity contribution < 1.29 is 0 Å². The van der Waals surface area contributed by atoms with Crippen LogP contribution in [0.2, 0.25) is 0 Å². The molecule has 1 aromatic heterocycles. The lowest BCUT2D eigenvalue weighted by molar-refractivity contribution is 0.696. The van der Waals surface area contributed by atoms with E-state index in [9.17, 15) is 4.79 Å². The molecule has 0 atom stereocenters. The molecule has 2 aromatic carbocycles. The summed E-state index contributed by atoms with van der Waals surface area (Å²) < 4.78 is 0. The lowest BCUT2D eigenvalue weighted by Crippen LogP contribution is -2.15. The zero-order valence-electron chi connectivity index (χ0n) is 11.1. The number of benzene rings is 2. The maximum atomic E-state index is 11.7. The summed E-state index contributed by atoms with van der Waals surface area (Å²) in [5.74, 6) is 0. The molecule has 0 aliphatic carbocycles. The van der Waals surface area contributed by atoms with Crippen molar-refractivity contribution in [2.45, 2.75) is 13.1 Å². The van der Waals surface area contributed by atoms with E-state index in [1.807, 2.05) is 42.5 Å². The molecule has 0 radical (unpaired) electrons. The molecule has 3 rings (SSSR count). The van der Waals surface area contributed by atoms with E-state index in [-0.39, 0.29) is 5.56 Å². The Kier molecular flexibility index (Phi) is 3.61. The quantitative estimate of drug-likeness (QED) is 0.761. The highest BCUT2D eigenvalue weighted by Gasteiger charge is 2.02. The molecule has 0 saturated carbocycles. The molecule has 20 heavy (non-hydrogen) atoms. The van der Waals surface area contributed by atoms with Gasteiger partial charge in [-0.25, -0.2) is 0 Å². The van der Waals surface area contributed by atoms with Crippen molar-refractivity contribution in [2.75, 3.05) is 0 Å². The summed E-state index contributed by atoms with van der Waals surface area (Å²) in [7, 11) is 0. The van der Waals surface area contributed by atoms with Gasteiger partial charge in [-0.3, -0.25) is 4.79 Å². The standard InChI is InChI=1S/C17H16N2O/c20-17-10-14(15-8-4-5-9-16(15)19-17)12-18-11-13-6-2-1-3-7-13/h1-10,18H,11-12H2,(H,19,20). The van der Waals surface area contributed by atoms with Gasteiger partial charge in [0.05, 0.1) is 0 Å². The number of nitrogens with one attached hydrogen (secondary N) is 2. The van der Waals surface area contributed by atoms with E-state index in [1.165, 1.54) is 5.56 Å². The fourth-order valence-electron chi connectivity index (χ4n) is 2.36. The average molecular weight is 264 g/mol.